The Morgan fingerprint density at radius 1 is 1.39 bits per heavy atom. The summed E-state index contributed by atoms with van der Waals surface area (Å²) < 4.78 is 13.4. The van der Waals surface area contributed by atoms with Crippen LogP contribution in [-0.2, 0) is 17.3 Å². The number of nitrogens with one attached hydrogen (secondary N) is 1. The first-order chi connectivity index (χ1) is 8.38. The van der Waals surface area contributed by atoms with E-state index in [0.29, 0.717) is 0 Å². The summed E-state index contributed by atoms with van der Waals surface area (Å²) in [5, 5.41) is 8.16. The lowest BCUT2D eigenvalue weighted by Crippen LogP contribution is -2.30. The maximum atomic E-state index is 11.3. The summed E-state index contributed by atoms with van der Waals surface area (Å²) in [4.78, 5) is 0. The molecule has 104 valence electrons. The fourth-order valence-corrected chi connectivity index (χ4v) is 2.54. The molecule has 18 heavy (non-hydrogen) atoms. The lowest BCUT2D eigenvalue weighted by Gasteiger charge is -2.17. The molecule has 1 aromatic heterocycles. The molecule has 0 bridgehead atoms. The van der Waals surface area contributed by atoms with E-state index in [-0.39, 0.29) is 11.3 Å². The van der Waals surface area contributed by atoms with Crippen LogP contribution in [0.1, 0.15) is 43.8 Å². The molecule has 1 heterocycles. The van der Waals surface area contributed by atoms with Crippen LogP contribution >= 0.6 is 0 Å². The maximum Gasteiger partial charge on any atom is 0.0644 e. The zero-order chi connectivity index (χ0) is 13.9. The monoisotopic (exact) mass is 271 g/mol. The van der Waals surface area contributed by atoms with Crippen molar-refractivity contribution in [1.82, 2.24) is 15.1 Å². The minimum Gasteiger partial charge on any atom is -0.309 e. The number of hydrogen-bond acceptors (Lipinski definition) is 3. The summed E-state index contributed by atoms with van der Waals surface area (Å²) >= 11 is 0. The van der Waals surface area contributed by atoms with Crippen LogP contribution in [0.4, 0.5) is 0 Å². The van der Waals surface area contributed by atoms with Crippen molar-refractivity contribution in [3.63, 3.8) is 0 Å². The third-order valence-corrected chi connectivity index (χ3v) is 4.75. The third-order valence-electron chi connectivity index (χ3n) is 3.45. The van der Waals surface area contributed by atoms with Crippen LogP contribution in [0.5, 0.6) is 0 Å². The molecule has 0 amide bonds. The normalized spacial score (nSPS) is 16.6. The highest BCUT2D eigenvalue weighted by Crippen LogP contribution is 2.21. The van der Waals surface area contributed by atoms with Crippen molar-refractivity contribution in [3.05, 3.63) is 17.0 Å². The second-order valence-electron chi connectivity index (χ2n) is 4.84. The molecule has 4 nitrogen and oxygen atoms in total. The van der Waals surface area contributed by atoms with Crippen molar-refractivity contribution >= 4 is 10.8 Å². The zero-order valence-corrected chi connectivity index (χ0v) is 13.1. The van der Waals surface area contributed by atoms with Crippen molar-refractivity contribution in [3.8, 4) is 0 Å². The van der Waals surface area contributed by atoms with Gasteiger partial charge in [-0.05, 0) is 34.6 Å². The van der Waals surface area contributed by atoms with E-state index in [4.69, 9.17) is 0 Å². The van der Waals surface area contributed by atoms with Gasteiger partial charge in [-0.2, -0.15) is 5.10 Å². The minimum atomic E-state index is -0.774. The van der Waals surface area contributed by atoms with E-state index in [1.165, 1.54) is 11.3 Å². The summed E-state index contributed by atoms with van der Waals surface area (Å²) in [5.41, 5.74) is 3.57. The highest BCUT2D eigenvalue weighted by atomic mass is 32.2. The molecule has 0 aromatic carbocycles. The Morgan fingerprint density at radius 3 is 2.44 bits per heavy atom. The number of rotatable bonds is 6. The second kappa shape index (κ2) is 6.48. The molecule has 1 rings (SSSR count). The minimum absolute atomic E-state index is 0.175. The number of hydrogen-bond donors (Lipinski definition) is 1. The highest BCUT2D eigenvalue weighted by molar-refractivity contribution is 7.84. The lowest BCUT2D eigenvalue weighted by molar-refractivity contribution is 0.562. The van der Waals surface area contributed by atoms with Gasteiger partial charge in [0.25, 0.3) is 0 Å². The van der Waals surface area contributed by atoms with Crippen molar-refractivity contribution in [2.75, 3.05) is 12.8 Å². The topological polar surface area (TPSA) is 46.9 Å². The molecule has 0 saturated heterocycles. The largest absolute Gasteiger partial charge is 0.309 e. The van der Waals surface area contributed by atoms with Gasteiger partial charge in [0.1, 0.15) is 0 Å². The highest BCUT2D eigenvalue weighted by Gasteiger charge is 2.17. The Balaban J connectivity index is 2.75. The van der Waals surface area contributed by atoms with Crippen molar-refractivity contribution in [1.29, 1.82) is 0 Å². The van der Waals surface area contributed by atoms with E-state index >= 15 is 0 Å². The molecule has 0 aliphatic rings. The Kier molecular flexibility index (Phi) is 5.53. The first-order valence-electron chi connectivity index (χ1n) is 6.48. The summed E-state index contributed by atoms with van der Waals surface area (Å²) in [6, 6.07) is 0.247. The van der Waals surface area contributed by atoms with E-state index in [2.05, 4.69) is 31.2 Å². The SMILES string of the molecule is CCn1nc(C)c(C(C)NCC(C)S(C)=O)c1C. The molecule has 0 aliphatic heterocycles. The summed E-state index contributed by atoms with van der Waals surface area (Å²) in [6.07, 6.45) is 1.75. The van der Waals surface area contributed by atoms with Gasteiger partial charge >= 0.3 is 0 Å². The van der Waals surface area contributed by atoms with Crippen LogP contribution < -0.4 is 5.32 Å². The second-order valence-corrected chi connectivity index (χ2v) is 6.64. The molecule has 3 unspecified atom stereocenters. The lowest BCUT2D eigenvalue weighted by atomic mass is 10.1. The van der Waals surface area contributed by atoms with Crippen LogP contribution in [0, 0.1) is 13.8 Å². The van der Waals surface area contributed by atoms with E-state index in [1.807, 2.05) is 18.5 Å². The van der Waals surface area contributed by atoms with Gasteiger partial charge in [0.2, 0.25) is 0 Å². The number of aromatic nitrogens is 2. The van der Waals surface area contributed by atoms with E-state index < -0.39 is 10.8 Å². The molecule has 1 N–H and O–H groups in total. The van der Waals surface area contributed by atoms with Crippen LogP contribution in [0.3, 0.4) is 0 Å². The third kappa shape index (κ3) is 3.42. The Labute approximate surface area is 113 Å². The van der Waals surface area contributed by atoms with Gasteiger partial charge in [-0.3, -0.25) is 8.89 Å². The molecule has 0 aliphatic carbocycles. The maximum absolute atomic E-state index is 11.3. The van der Waals surface area contributed by atoms with Crippen molar-refractivity contribution < 1.29 is 4.21 Å². The van der Waals surface area contributed by atoms with Crippen LogP contribution in [0.15, 0.2) is 0 Å². The molecule has 0 spiro atoms. The standard InChI is InChI=1S/C13H25N3OS/c1-7-16-12(5)13(11(4)15-16)10(3)14-8-9(2)18(6)17/h9-10,14H,7-8H2,1-6H3. The average Bonchev–Trinajstić information content (AvgIpc) is 2.60. The predicted octanol–water partition coefficient (Wildman–Crippen LogP) is 1.94. The molecule has 5 heteroatoms. The van der Waals surface area contributed by atoms with Crippen molar-refractivity contribution in [2.24, 2.45) is 0 Å². The number of nitrogens with zero attached hydrogens (tertiary/aromatic N) is 2. The smallest absolute Gasteiger partial charge is 0.0644 e. The quantitative estimate of drug-likeness (QED) is 0.860. The van der Waals surface area contributed by atoms with Crippen LogP contribution in [0.2, 0.25) is 0 Å². The Bertz CT molecular complexity index is 428. The molecule has 0 saturated carbocycles. The van der Waals surface area contributed by atoms with Gasteiger partial charge < -0.3 is 5.32 Å². The van der Waals surface area contributed by atoms with E-state index in [0.717, 1.165) is 18.8 Å². The molecular weight excluding hydrogens is 246 g/mol. The van der Waals surface area contributed by atoms with E-state index in [9.17, 15) is 4.21 Å². The summed E-state index contributed by atoms with van der Waals surface area (Å²) in [6.45, 7) is 12.1. The molecule has 3 atom stereocenters. The van der Waals surface area contributed by atoms with E-state index in [1.54, 1.807) is 6.26 Å². The van der Waals surface area contributed by atoms with Gasteiger partial charge in [-0.1, -0.05) is 0 Å². The molecule has 0 fully saturated rings. The molecule has 0 radical (unpaired) electrons. The molecule has 1 aromatic rings. The van der Waals surface area contributed by atoms with Gasteiger partial charge in [0, 0.05) is 52.7 Å². The predicted molar refractivity (Wildman–Crippen MR) is 77.3 cm³/mol. The van der Waals surface area contributed by atoms with Gasteiger partial charge in [-0.25, -0.2) is 0 Å². The first kappa shape index (κ1) is 15.4. The summed E-state index contributed by atoms with van der Waals surface area (Å²) in [5.74, 6) is 0. The van der Waals surface area contributed by atoms with Gasteiger partial charge in [0.05, 0.1) is 5.69 Å². The Morgan fingerprint density at radius 2 is 2.00 bits per heavy atom. The molecular formula is C13H25N3OS. The summed E-state index contributed by atoms with van der Waals surface area (Å²) in [7, 11) is -0.774. The average molecular weight is 271 g/mol. The fourth-order valence-electron chi connectivity index (χ4n) is 2.21. The van der Waals surface area contributed by atoms with Crippen LogP contribution in [-0.4, -0.2) is 32.0 Å². The van der Waals surface area contributed by atoms with Crippen LogP contribution in [0.25, 0.3) is 0 Å². The van der Waals surface area contributed by atoms with Gasteiger partial charge in [-0.15, -0.1) is 0 Å². The van der Waals surface area contributed by atoms with Gasteiger partial charge in [0.15, 0.2) is 0 Å². The zero-order valence-electron chi connectivity index (χ0n) is 12.3. The fraction of sp³-hybridized carbons (Fsp3) is 0.769. The van der Waals surface area contributed by atoms with Crippen molar-refractivity contribution in [2.45, 2.75) is 52.5 Å². The number of aryl methyl sites for hydroxylation is 2. The Hall–Kier alpha value is -0.680. The first-order valence-corrected chi connectivity index (χ1v) is 8.10.